The summed E-state index contributed by atoms with van der Waals surface area (Å²) < 4.78 is 1.67. The van der Waals surface area contributed by atoms with Crippen LogP contribution in [-0.2, 0) is 6.42 Å². The third-order valence-corrected chi connectivity index (χ3v) is 2.21. The maximum absolute atomic E-state index is 10.8. The van der Waals surface area contributed by atoms with Gasteiger partial charge in [0.15, 0.2) is 0 Å². The van der Waals surface area contributed by atoms with Gasteiger partial charge in [0.05, 0.1) is 11.7 Å². The van der Waals surface area contributed by atoms with E-state index < -0.39 is 5.97 Å². The van der Waals surface area contributed by atoms with Crippen molar-refractivity contribution in [2.45, 2.75) is 13.3 Å². The van der Waals surface area contributed by atoms with Crippen LogP contribution in [0, 0.1) is 0 Å². The molecule has 2 aromatic heterocycles. The SMILES string of the molecule is CCc1cccc2c(C(=O)O)cnn12. The van der Waals surface area contributed by atoms with Crippen LogP contribution in [0.1, 0.15) is 23.0 Å². The molecule has 0 unspecified atom stereocenters. The van der Waals surface area contributed by atoms with Gasteiger partial charge < -0.3 is 5.11 Å². The summed E-state index contributed by atoms with van der Waals surface area (Å²) in [5, 5.41) is 12.9. The molecule has 0 saturated carbocycles. The van der Waals surface area contributed by atoms with Gasteiger partial charge in [-0.1, -0.05) is 13.0 Å². The van der Waals surface area contributed by atoms with E-state index in [4.69, 9.17) is 5.11 Å². The van der Waals surface area contributed by atoms with Gasteiger partial charge in [-0.3, -0.25) is 0 Å². The van der Waals surface area contributed by atoms with Crippen LogP contribution in [-0.4, -0.2) is 20.7 Å². The van der Waals surface area contributed by atoms with Gasteiger partial charge in [-0.05, 0) is 18.6 Å². The van der Waals surface area contributed by atoms with Gasteiger partial charge in [-0.25, -0.2) is 9.31 Å². The first-order valence-corrected chi connectivity index (χ1v) is 4.43. The van der Waals surface area contributed by atoms with Gasteiger partial charge in [0.2, 0.25) is 0 Å². The second-order valence-electron chi connectivity index (χ2n) is 3.03. The Morgan fingerprint density at radius 1 is 1.57 bits per heavy atom. The fourth-order valence-electron chi connectivity index (χ4n) is 1.50. The number of aryl methyl sites for hydroxylation is 1. The number of carbonyl (C=O) groups is 1. The van der Waals surface area contributed by atoms with Crippen molar-refractivity contribution in [3.05, 3.63) is 35.7 Å². The Morgan fingerprint density at radius 2 is 2.36 bits per heavy atom. The van der Waals surface area contributed by atoms with E-state index in [0.29, 0.717) is 5.52 Å². The summed E-state index contributed by atoms with van der Waals surface area (Å²) in [4.78, 5) is 10.8. The molecular weight excluding hydrogens is 180 g/mol. The molecule has 4 nitrogen and oxygen atoms in total. The molecule has 0 spiro atoms. The Kier molecular flexibility index (Phi) is 1.96. The van der Waals surface area contributed by atoms with E-state index in [-0.39, 0.29) is 5.56 Å². The number of rotatable bonds is 2. The van der Waals surface area contributed by atoms with Crippen molar-refractivity contribution < 1.29 is 9.90 Å². The van der Waals surface area contributed by atoms with Crippen molar-refractivity contribution >= 4 is 11.5 Å². The minimum atomic E-state index is -0.937. The average Bonchev–Trinajstić information content (AvgIpc) is 2.60. The van der Waals surface area contributed by atoms with Crippen LogP contribution in [0.25, 0.3) is 5.52 Å². The quantitative estimate of drug-likeness (QED) is 0.782. The smallest absolute Gasteiger partial charge is 0.339 e. The number of carboxylic acid groups (broad SMARTS) is 1. The standard InChI is InChI=1S/C10H10N2O2/c1-2-7-4-3-5-9-8(10(13)14)6-11-12(7)9/h3-6H,2H2,1H3,(H,13,14). The molecule has 0 aliphatic rings. The van der Waals surface area contributed by atoms with E-state index in [0.717, 1.165) is 12.1 Å². The zero-order valence-electron chi connectivity index (χ0n) is 7.77. The monoisotopic (exact) mass is 190 g/mol. The largest absolute Gasteiger partial charge is 0.478 e. The summed E-state index contributed by atoms with van der Waals surface area (Å²) in [6.45, 7) is 2.01. The number of pyridine rings is 1. The topological polar surface area (TPSA) is 54.6 Å². The summed E-state index contributed by atoms with van der Waals surface area (Å²) in [5.41, 5.74) is 1.91. The van der Waals surface area contributed by atoms with Crippen LogP contribution < -0.4 is 0 Å². The summed E-state index contributed by atoms with van der Waals surface area (Å²) in [6, 6.07) is 5.55. The van der Waals surface area contributed by atoms with Crippen LogP contribution in [0.2, 0.25) is 0 Å². The van der Waals surface area contributed by atoms with Gasteiger partial charge in [-0.2, -0.15) is 5.10 Å². The summed E-state index contributed by atoms with van der Waals surface area (Å²) in [5.74, 6) is -0.937. The second-order valence-corrected chi connectivity index (χ2v) is 3.03. The predicted octanol–water partition coefficient (Wildman–Crippen LogP) is 1.59. The predicted molar refractivity (Wildman–Crippen MR) is 51.5 cm³/mol. The zero-order valence-corrected chi connectivity index (χ0v) is 7.77. The fourth-order valence-corrected chi connectivity index (χ4v) is 1.50. The molecule has 0 atom stereocenters. The van der Waals surface area contributed by atoms with Gasteiger partial charge in [0.25, 0.3) is 0 Å². The molecule has 0 amide bonds. The molecule has 0 bridgehead atoms. The minimum absolute atomic E-state index is 0.250. The number of hydrogen-bond acceptors (Lipinski definition) is 2. The van der Waals surface area contributed by atoms with Gasteiger partial charge >= 0.3 is 5.97 Å². The third-order valence-electron chi connectivity index (χ3n) is 2.21. The minimum Gasteiger partial charge on any atom is -0.478 e. The Hall–Kier alpha value is -1.84. The van der Waals surface area contributed by atoms with E-state index in [1.54, 1.807) is 10.6 Å². The van der Waals surface area contributed by atoms with Crippen molar-refractivity contribution in [1.82, 2.24) is 9.61 Å². The number of aromatic carboxylic acids is 1. The fraction of sp³-hybridized carbons (Fsp3) is 0.200. The highest BCUT2D eigenvalue weighted by Gasteiger charge is 2.11. The van der Waals surface area contributed by atoms with E-state index >= 15 is 0 Å². The molecule has 0 aliphatic heterocycles. The number of fused-ring (bicyclic) bond motifs is 1. The molecule has 1 N–H and O–H groups in total. The van der Waals surface area contributed by atoms with Crippen LogP contribution in [0.15, 0.2) is 24.4 Å². The number of aromatic nitrogens is 2. The number of carboxylic acids is 1. The Labute approximate surface area is 80.8 Å². The Balaban J connectivity index is 2.75. The number of hydrogen-bond donors (Lipinski definition) is 1. The van der Waals surface area contributed by atoms with Crippen molar-refractivity contribution in [3.8, 4) is 0 Å². The molecule has 14 heavy (non-hydrogen) atoms. The maximum Gasteiger partial charge on any atom is 0.339 e. The van der Waals surface area contributed by atoms with Crippen molar-refractivity contribution in [2.75, 3.05) is 0 Å². The molecular formula is C10H10N2O2. The molecule has 0 radical (unpaired) electrons. The maximum atomic E-state index is 10.8. The molecule has 2 rings (SSSR count). The van der Waals surface area contributed by atoms with Crippen LogP contribution in [0.3, 0.4) is 0 Å². The summed E-state index contributed by atoms with van der Waals surface area (Å²) in [7, 11) is 0. The van der Waals surface area contributed by atoms with Crippen molar-refractivity contribution in [2.24, 2.45) is 0 Å². The van der Waals surface area contributed by atoms with E-state index in [9.17, 15) is 4.79 Å². The number of nitrogens with zero attached hydrogens (tertiary/aromatic N) is 2. The molecule has 2 aromatic rings. The van der Waals surface area contributed by atoms with Gasteiger partial charge in [-0.15, -0.1) is 0 Å². The lowest BCUT2D eigenvalue weighted by Crippen LogP contribution is -1.98. The summed E-state index contributed by atoms with van der Waals surface area (Å²) in [6.07, 6.45) is 2.22. The highest BCUT2D eigenvalue weighted by Crippen LogP contribution is 2.12. The molecule has 2 heterocycles. The third kappa shape index (κ3) is 1.16. The first kappa shape index (κ1) is 8.74. The molecule has 0 aromatic carbocycles. The Bertz CT molecular complexity index is 488. The van der Waals surface area contributed by atoms with E-state index in [1.165, 1.54) is 6.20 Å². The molecule has 0 saturated heterocycles. The first-order chi connectivity index (χ1) is 6.74. The molecule has 0 aliphatic carbocycles. The van der Waals surface area contributed by atoms with Crippen LogP contribution in [0.5, 0.6) is 0 Å². The highest BCUT2D eigenvalue weighted by atomic mass is 16.4. The lowest BCUT2D eigenvalue weighted by molar-refractivity contribution is 0.0699. The lowest BCUT2D eigenvalue weighted by Gasteiger charge is -2.00. The van der Waals surface area contributed by atoms with Crippen molar-refractivity contribution in [3.63, 3.8) is 0 Å². The molecule has 72 valence electrons. The highest BCUT2D eigenvalue weighted by molar-refractivity contribution is 5.95. The van der Waals surface area contributed by atoms with Crippen molar-refractivity contribution in [1.29, 1.82) is 0 Å². The lowest BCUT2D eigenvalue weighted by atomic mass is 10.2. The van der Waals surface area contributed by atoms with E-state index in [2.05, 4.69) is 5.10 Å². The first-order valence-electron chi connectivity index (χ1n) is 4.43. The van der Waals surface area contributed by atoms with Crippen LogP contribution in [0.4, 0.5) is 0 Å². The second kappa shape index (κ2) is 3.14. The summed E-state index contributed by atoms with van der Waals surface area (Å²) >= 11 is 0. The average molecular weight is 190 g/mol. The molecule has 0 fully saturated rings. The zero-order chi connectivity index (χ0) is 10.1. The Morgan fingerprint density at radius 3 is 3.00 bits per heavy atom. The van der Waals surface area contributed by atoms with Crippen LogP contribution >= 0.6 is 0 Å². The van der Waals surface area contributed by atoms with E-state index in [1.807, 2.05) is 19.1 Å². The normalized spacial score (nSPS) is 10.6. The molecule has 4 heteroatoms. The van der Waals surface area contributed by atoms with Gasteiger partial charge in [0.1, 0.15) is 5.56 Å². The van der Waals surface area contributed by atoms with Gasteiger partial charge in [0, 0.05) is 5.69 Å².